The lowest BCUT2D eigenvalue weighted by molar-refractivity contribution is -0.138. The summed E-state index contributed by atoms with van der Waals surface area (Å²) in [4.78, 5) is 35.8. The molecular formula is C22H26N4O6S. The molecule has 0 fully saturated rings. The van der Waals surface area contributed by atoms with Gasteiger partial charge in [-0.2, -0.15) is 4.72 Å². The Hall–Kier alpha value is -3.28. The van der Waals surface area contributed by atoms with Gasteiger partial charge in [-0.3, -0.25) is 14.4 Å². The molecule has 33 heavy (non-hydrogen) atoms. The zero-order chi connectivity index (χ0) is 23.8. The van der Waals surface area contributed by atoms with E-state index in [2.05, 4.69) is 20.7 Å². The van der Waals surface area contributed by atoms with Gasteiger partial charge in [-0.1, -0.05) is 24.3 Å². The lowest BCUT2D eigenvalue weighted by atomic mass is 9.98. The van der Waals surface area contributed by atoms with Gasteiger partial charge >= 0.3 is 5.97 Å². The fourth-order valence-corrected chi connectivity index (χ4v) is 4.56. The zero-order valence-electron chi connectivity index (χ0n) is 17.8. The highest BCUT2D eigenvalue weighted by atomic mass is 32.2. The molecule has 176 valence electrons. The van der Waals surface area contributed by atoms with Crippen molar-refractivity contribution in [3.8, 4) is 0 Å². The summed E-state index contributed by atoms with van der Waals surface area (Å²) in [5.41, 5.74) is 2.78. The van der Waals surface area contributed by atoms with Crippen LogP contribution in [0.1, 0.15) is 27.9 Å². The Morgan fingerprint density at radius 2 is 1.79 bits per heavy atom. The van der Waals surface area contributed by atoms with Crippen molar-refractivity contribution in [1.82, 2.24) is 20.7 Å². The smallest absolute Gasteiger partial charge is 0.323 e. The van der Waals surface area contributed by atoms with Crippen molar-refractivity contribution in [1.29, 1.82) is 0 Å². The van der Waals surface area contributed by atoms with Crippen LogP contribution in [0.4, 0.5) is 0 Å². The molecule has 2 aromatic carbocycles. The molecule has 0 bridgehead atoms. The molecule has 5 N–H and O–H groups in total. The number of benzene rings is 2. The SMILES string of the molecule is O=C(CCNC(=O)c1ccc2c(c1)CNCC2)NC[C@H](NS(=O)(=O)c1ccccc1)C(=O)O. The predicted octanol–water partition coefficient (Wildman–Crippen LogP) is 0.000100. The number of hydrogen-bond donors (Lipinski definition) is 5. The summed E-state index contributed by atoms with van der Waals surface area (Å²) in [6, 6.07) is 11.3. The highest BCUT2D eigenvalue weighted by molar-refractivity contribution is 7.89. The van der Waals surface area contributed by atoms with Gasteiger partial charge in [0.15, 0.2) is 0 Å². The van der Waals surface area contributed by atoms with Crippen molar-refractivity contribution in [2.45, 2.75) is 30.3 Å². The van der Waals surface area contributed by atoms with Gasteiger partial charge in [0, 0.05) is 31.6 Å². The van der Waals surface area contributed by atoms with E-state index < -0.39 is 34.5 Å². The highest BCUT2D eigenvalue weighted by Gasteiger charge is 2.25. The van der Waals surface area contributed by atoms with Crippen LogP contribution in [0.2, 0.25) is 0 Å². The van der Waals surface area contributed by atoms with Gasteiger partial charge in [-0.25, -0.2) is 8.42 Å². The standard InChI is InChI=1S/C22H26N4O6S/c27-20(9-11-24-21(28)16-7-6-15-8-10-23-13-17(15)12-16)25-14-19(22(29)30)26-33(31,32)18-4-2-1-3-5-18/h1-7,12,19,23,26H,8-11,13-14H2,(H,24,28)(H,25,27)(H,29,30)/t19-/m0/s1. The average Bonchev–Trinajstić information content (AvgIpc) is 2.81. The number of hydrogen-bond acceptors (Lipinski definition) is 6. The van der Waals surface area contributed by atoms with Gasteiger partial charge in [-0.15, -0.1) is 0 Å². The van der Waals surface area contributed by atoms with E-state index in [0.717, 1.165) is 18.5 Å². The predicted molar refractivity (Wildman–Crippen MR) is 120 cm³/mol. The number of sulfonamides is 1. The van der Waals surface area contributed by atoms with E-state index in [1.54, 1.807) is 12.1 Å². The van der Waals surface area contributed by atoms with Crippen LogP contribution in [-0.2, 0) is 32.6 Å². The quantitative estimate of drug-likeness (QED) is 0.325. The van der Waals surface area contributed by atoms with Crippen molar-refractivity contribution in [2.24, 2.45) is 0 Å². The molecule has 1 heterocycles. The van der Waals surface area contributed by atoms with Crippen LogP contribution in [0.5, 0.6) is 0 Å². The largest absolute Gasteiger partial charge is 0.480 e. The molecule has 0 spiro atoms. The zero-order valence-corrected chi connectivity index (χ0v) is 18.7. The number of carbonyl (C=O) groups excluding carboxylic acids is 2. The molecule has 1 aliphatic rings. The van der Waals surface area contributed by atoms with Crippen LogP contribution in [0.15, 0.2) is 53.4 Å². The second-order valence-electron chi connectivity index (χ2n) is 7.55. The van der Waals surface area contributed by atoms with Crippen molar-refractivity contribution in [2.75, 3.05) is 19.6 Å². The third-order valence-corrected chi connectivity index (χ3v) is 6.63. The first kappa shape index (κ1) is 24.4. The summed E-state index contributed by atoms with van der Waals surface area (Å²) >= 11 is 0. The fourth-order valence-electron chi connectivity index (χ4n) is 3.35. The van der Waals surface area contributed by atoms with Crippen LogP contribution in [0, 0.1) is 0 Å². The fraction of sp³-hybridized carbons (Fsp3) is 0.318. The minimum Gasteiger partial charge on any atom is -0.480 e. The maximum absolute atomic E-state index is 12.3. The number of aliphatic carboxylic acids is 1. The molecule has 1 atom stereocenters. The molecular weight excluding hydrogens is 448 g/mol. The van der Waals surface area contributed by atoms with E-state index in [1.807, 2.05) is 12.1 Å². The number of fused-ring (bicyclic) bond motifs is 1. The molecule has 3 rings (SSSR count). The topological polar surface area (TPSA) is 154 Å². The average molecular weight is 475 g/mol. The first-order valence-electron chi connectivity index (χ1n) is 10.4. The Morgan fingerprint density at radius 1 is 1.03 bits per heavy atom. The molecule has 10 nitrogen and oxygen atoms in total. The van der Waals surface area contributed by atoms with Crippen LogP contribution in [0.3, 0.4) is 0 Å². The Balaban J connectivity index is 1.46. The molecule has 0 aromatic heterocycles. The minimum absolute atomic E-state index is 0.0491. The number of carbonyl (C=O) groups is 3. The van der Waals surface area contributed by atoms with Crippen LogP contribution in [-0.4, -0.2) is 57.0 Å². The van der Waals surface area contributed by atoms with Crippen molar-refractivity contribution in [3.63, 3.8) is 0 Å². The minimum atomic E-state index is -4.06. The molecule has 0 aliphatic carbocycles. The van der Waals surface area contributed by atoms with E-state index in [4.69, 9.17) is 0 Å². The summed E-state index contributed by atoms with van der Waals surface area (Å²) in [6.45, 7) is 1.22. The van der Waals surface area contributed by atoms with Gasteiger partial charge in [0.2, 0.25) is 15.9 Å². The summed E-state index contributed by atoms with van der Waals surface area (Å²) in [5, 5.41) is 17.6. The van der Waals surface area contributed by atoms with Gasteiger partial charge in [0.05, 0.1) is 4.90 Å². The van der Waals surface area contributed by atoms with Crippen molar-refractivity contribution >= 4 is 27.8 Å². The third kappa shape index (κ3) is 6.85. The van der Waals surface area contributed by atoms with E-state index >= 15 is 0 Å². The van der Waals surface area contributed by atoms with Crippen LogP contribution < -0.4 is 20.7 Å². The number of rotatable bonds is 10. The second kappa shape index (κ2) is 11.0. The summed E-state index contributed by atoms with van der Waals surface area (Å²) < 4.78 is 26.7. The van der Waals surface area contributed by atoms with Crippen molar-refractivity contribution < 1.29 is 27.9 Å². The molecule has 1 aliphatic heterocycles. The molecule has 0 radical (unpaired) electrons. The first-order chi connectivity index (χ1) is 15.8. The Morgan fingerprint density at radius 3 is 2.52 bits per heavy atom. The van der Waals surface area contributed by atoms with E-state index in [9.17, 15) is 27.9 Å². The summed E-state index contributed by atoms with van der Waals surface area (Å²) in [6.07, 6.45) is 0.826. The molecule has 0 unspecified atom stereocenters. The lowest BCUT2D eigenvalue weighted by Crippen LogP contribution is -2.48. The van der Waals surface area contributed by atoms with Crippen LogP contribution >= 0.6 is 0 Å². The number of carboxylic acids is 1. The van der Waals surface area contributed by atoms with Gasteiger partial charge in [0.1, 0.15) is 6.04 Å². The monoisotopic (exact) mass is 474 g/mol. The second-order valence-corrected chi connectivity index (χ2v) is 9.26. The lowest BCUT2D eigenvalue weighted by Gasteiger charge is -2.17. The maximum Gasteiger partial charge on any atom is 0.323 e. The van der Waals surface area contributed by atoms with Gasteiger partial charge in [0.25, 0.3) is 5.91 Å². The van der Waals surface area contributed by atoms with Crippen molar-refractivity contribution in [3.05, 3.63) is 65.2 Å². The molecule has 0 saturated heterocycles. The van der Waals surface area contributed by atoms with E-state index in [-0.39, 0.29) is 23.8 Å². The maximum atomic E-state index is 12.3. The molecule has 11 heteroatoms. The van der Waals surface area contributed by atoms with E-state index in [1.165, 1.54) is 29.8 Å². The van der Waals surface area contributed by atoms with Gasteiger partial charge < -0.3 is 21.1 Å². The third-order valence-electron chi connectivity index (χ3n) is 5.15. The number of carboxylic acid groups (broad SMARTS) is 1. The summed E-state index contributed by atoms with van der Waals surface area (Å²) in [5.74, 6) is -2.25. The number of amides is 2. The normalized spacial score (nSPS) is 14.1. The van der Waals surface area contributed by atoms with E-state index in [0.29, 0.717) is 12.1 Å². The molecule has 2 aromatic rings. The van der Waals surface area contributed by atoms with Gasteiger partial charge in [-0.05, 0) is 48.4 Å². The highest BCUT2D eigenvalue weighted by Crippen LogP contribution is 2.15. The molecule has 0 saturated carbocycles. The Kier molecular flexibility index (Phi) is 8.15. The molecule has 2 amide bonds. The van der Waals surface area contributed by atoms with Crippen LogP contribution in [0.25, 0.3) is 0 Å². The Bertz CT molecular complexity index is 1120. The first-order valence-corrected chi connectivity index (χ1v) is 11.9. The number of nitrogens with one attached hydrogen (secondary N) is 4. The summed E-state index contributed by atoms with van der Waals surface area (Å²) in [7, 11) is -4.06. The Labute approximate surface area is 191 Å².